The van der Waals surface area contributed by atoms with Gasteiger partial charge in [0.2, 0.25) is 11.7 Å². The lowest BCUT2D eigenvalue weighted by atomic mass is 9.95. The van der Waals surface area contributed by atoms with E-state index in [9.17, 15) is 14.0 Å². The molecule has 8 heteroatoms. The minimum atomic E-state index is -0.347. The molecule has 7 nitrogen and oxygen atoms in total. The highest BCUT2D eigenvalue weighted by Gasteiger charge is 2.20. The lowest BCUT2D eigenvalue weighted by molar-refractivity contribution is -0.120. The second kappa shape index (κ2) is 8.55. The summed E-state index contributed by atoms with van der Waals surface area (Å²) in [6.07, 6.45) is 5.38. The van der Waals surface area contributed by atoms with E-state index in [4.69, 9.17) is 0 Å². The summed E-state index contributed by atoms with van der Waals surface area (Å²) in [5, 5.41) is 12.1. The van der Waals surface area contributed by atoms with Crippen molar-refractivity contribution in [2.75, 3.05) is 0 Å². The lowest BCUT2D eigenvalue weighted by Crippen LogP contribution is -2.36. The SMILES string of the molecule is O=C(Cc1nc(C(=O)NC2CCCCC2)n[nH]1)NCc1cccc(F)c1. The summed E-state index contributed by atoms with van der Waals surface area (Å²) >= 11 is 0. The third-order valence-electron chi connectivity index (χ3n) is 4.38. The van der Waals surface area contributed by atoms with Crippen molar-refractivity contribution in [3.8, 4) is 0 Å². The molecule has 1 aromatic heterocycles. The van der Waals surface area contributed by atoms with Crippen molar-refractivity contribution < 1.29 is 14.0 Å². The molecule has 2 amide bonds. The normalized spacial score (nSPS) is 14.8. The molecular formula is C18H22FN5O2. The van der Waals surface area contributed by atoms with Crippen molar-refractivity contribution in [1.82, 2.24) is 25.8 Å². The van der Waals surface area contributed by atoms with E-state index in [0.717, 1.165) is 25.7 Å². The first-order valence-electron chi connectivity index (χ1n) is 8.83. The standard InChI is InChI=1S/C18H22FN5O2/c19-13-6-4-5-12(9-13)11-20-16(25)10-15-22-17(24-23-15)18(26)21-14-7-2-1-3-8-14/h4-6,9,14H,1-3,7-8,10-11H2,(H,20,25)(H,21,26)(H,22,23,24). The predicted molar refractivity (Wildman–Crippen MR) is 92.7 cm³/mol. The Morgan fingerprint density at radius 3 is 2.81 bits per heavy atom. The Kier molecular flexibility index (Phi) is 5.93. The first-order valence-corrected chi connectivity index (χ1v) is 8.83. The molecule has 0 aliphatic heterocycles. The number of carbonyl (C=O) groups is 2. The van der Waals surface area contributed by atoms with E-state index < -0.39 is 0 Å². The average Bonchev–Trinajstić information content (AvgIpc) is 3.09. The number of carbonyl (C=O) groups excluding carboxylic acids is 2. The van der Waals surface area contributed by atoms with Crippen molar-refractivity contribution in [1.29, 1.82) is 0 Å². The van der Waals surface area contributed by atoms with Crippen LogP contribution in [0.5, 0.6) is 0 Å². The van der Waals surface area contributed by atoms with Crippen LogP contribution in [-0.4, -0.2) is 33.0 Å². The van der Waals surface area contributed by atoms with Crippen molar-refractivity contribution in [3.05, 3.63) is 47.3 Å². The number of hydrogen-bond donors (Lipinski definition) is 3. The Labute approximate surface area is 150 Å². The van der Waals surface area contributed by atoms with Crippen LogP contribution in [0.3, 0.4) is 0 Å². The summed E-state index contributed by atoms with van der Waals surface area (Å²) in [5.41, 5.74) is 0.670. The van der Waals surface area contributed by atoms with E-state index in [0.29, 0.717) is 11.4 Å². The lowest BCUT2D eigenvalue weighted by Gasteiger charge is -2.21. The molecular weight excluding hydrogens is 337 g/mol. The fraction of sp³-hybridized carbons (Fsp3) is 0.444. The van der Waals surface area contributed by atoms with Crippen LogP contribution in [0.2, 0.25) is 0 Å². The van der Waals surface area contributed by atoms with Gasteiger partial charge in [0, 0.05) is 12.6 Å². The van der Waals surface area contributed by atoms with Gasteiger partial charge >= 0.3 is 0 Å². The van der Waals surface area contributed by atoms with E-state index in [1.54, 1.807) is 12.1 Å². The van der Waals surface area contributed by atoms with E-state index >= 15 is 0 Å². The number of benzene rings is 1. The Hall–Kier alpha value is -2.77. The first kappa shape index (κ1) is 18.0. The molecule has 0 radical (unpaired) electrons. The van der Waals surface area contributed by atoms with E-state index in [1.807, 2.05) is 0 Å². The highest BCUT2D eigenvalue weighted by molar-refractivity contribution is 5.90. The largest absolute Gasteiger partial charge is 0.352 e. The highest BCUT2D eigenvalue weighted by atomic mass is 19.1. The zero-order valence-electron chi connectivity index (χ0n) is 14.4. The maximum Gasteiger partial charge on any atom is 0.291 e. The molecule has 26 heavy (non-hydrogen) atoms. The molecule has 1 aliphatic rings. The Morgan fingerprint density at radius 1 is 1.23 bits per heavy atom. The number of nitrogens with zero attached hydrogens (tertiary/aromatic N) is 2. The van der Waals surface area contributed by atoms with Crippen LogP contribution in [0.4, 0.5) is 4.39 Å². The number of aromatic amines is 1. The molecule has 1 fully saturated rings. The van der Waals surface area contributed by atoms with Gasteiger partial charge in [0.15, 0.2) is 0 Å². The summed E-state index contributed by atoms with van der Waals surface area (Å²) < 4.78 is 13.1. The topological polar surface area (TPSA) is 99.8 Å². The minimum absolute atomic E-state index is 0.0287. The quantitative estimate of drug-likeness (QED) is 0.733. The van der Waals surface area contributed by atoms with Crippen LogP contribution in [0, 0.1) is 5.82 Å². The molecule has 1 aliphatic carbocycles. The number of aromatic nitrogens is 3. The molecule has 0 unspecified atom stereocenters. The second-order valence-electron chi connectivity index (χ2n) is 6.50. The van der Waals surface area contributed by atoms with Gasteiger partial charge in [-0.1, -0.05) is 31.4 Å². The maximum absolute atomic E-state index is 13.1. The van der Waals surface area contributed by atoms with Crippen LogP contribution in [-0.2, 0) is 17.8 Å². The summed E-state index contributed by atoms with van der Waals surface area (Å²) in [6.45, 7) is 0.222. The summed E-state index contributed by atoms with van der Waals surface area (Å²) in [4.78, 5) is 28.2. The minimum Gasteiger partial charge on any atom is -0.352 e. The molecule has 0 bridgehead atoms. The van der Waals surface area contributed by atoms with E-state index in [-0.39, 0.29) is 42.5 Å². The van der Waals surface area contributed by atoms with Gasteiger partial charge in [-0.2, -0.15) is 0 Å². The Balaban J connectivity index is 1.47. The fourth-order valence-electron chi connectivity index (χ4n) is 3.03. The number of halogens is 1. The number of hydrogen-bond acceptors (Lipinski definition) is 4. The summed E-state index contributed by atoms with van der Waals surface area (Å²) in [6, 6.07) is 6.20. The monoisotopic (exact) mass is 359 g/mol. The molecule has 3 rings (SSSR count). The average molecular weight is 359 g/mol. The molecule has 138 valence electrons. The molecule has 1 saturated carbocycles. The van der Waals surface area contributed by atoms with Gasteiger partial charge in [0.1, 0.15) is 11.6 Å². The first-order chi connectivity index (χ1) is 12.6. The molecule has 0 atom stereocenters. The Morgan fingerprint density at radius 2 is 2.04 bits per heavy atom. The second-order valence-corrected chi connectivity index (χ2v) is 6.50. The molecule has 2 aromatic rings. The molecule has 0 spiro atoms. The van der Waals surface area contributed by atoms with Crippen molar-refractivity contribution in [3.63, 3.8) is 0 Å². The van der Waals surface area contributed by atoms with Crippen LogP contribution in [0.1, 0.15) is 54.1 Å². The molecule has 3 N–H and O–H groups in total. The summed E-state index contributed by atoms with van der Waals surface area (Å²) in [5.74, 6) is -0.594. The summed E-state index contributed by atoms with van der Waals surface area (Å²) in [7, 11) is 0. The number of amides is 2. The zero-order valence-corrected chi connectivity index (χ0v) is 14.4. The van der Waals surface area contributed by atoms with Crippen molar-refractivity contribution in [2.45, 2.75) is 51.1 Å². The maximum atomic E-state index is 13.1. The van der Waals surface area contributed by atoms with Gasteiger partial charge in [-0.3, -0.25) is 14.7 Å². The third kappa shape index (κ3) is 5.11. The van der Waals surface area contributed by atoms with Gasteiger partial charge < -0.3 is 10.6 Å². The highest BCUT2D eigenvalue weighted by Crippen LogP contribution is 2.17. The van der Waals surface area contributed by atoms with Crippen LogP contribution in [0.25, 0.3) is 0 Å². The van der Waals surface area contributed by atoms with Crippen LogP contribution in [0.15, 0.2) is 24.3 Å². The molecule has 1 aromatic carbocycles. The third-order valence-corrected chi connectivity index (χ3v) is 4.38. The van der Waals surface area contributed by atoms with E-state index in [1.165, 1.54) is 18.6 Å². The van der Waals surface area contributed by atoms with E-state index in [2.05, 4.69) is 25.8 Å². The van der Waals surface area contributed by atoms with Crippen LogP contribution >= 0.6 is 0 Å². The number of H-pyrrole nitrogens is 1. The van der Waals surface area contributed by atoms with Gasteiger partial charge in [-0.05, 0) is 30.5 Å². The fourth-order valence-corrected chi connectivity index (χ4v) is 3.03. The smallest absolute Gasteiger partial charge is 0.291 e. The van der Waals surface area contributed by atoms with Crippen molar-refractivity contribution >= 4 is 11.8 Å². The van der Waals surface area contributed by atoms with Gasteiger partial charge in [-0.15, -0.1) is 5.10 Å². The number of rotatable bonds is 6. The van der Waals surface area contributed by atoms with Gasteiger partial charge in [0.25, 0.3) is 5.91 Å². The van der Waals surface area contributed by atoms with Gasteiger partial charge in [0.05, 0.1) is 6.42 Å². The molecule has 0 saturated heterocycles. The zero-order chi connectivity index (χ0) is 18.4. The van der Waals surface area contributed by atoms with Gasteiger partial charge in [-0.25, -0.2) is 9.37 Å². The number of nitrogens with one attached hydrogen (secondary N) is 3. The van der Waals surface area contributed by atoms with Crippen molar-refractivity contribution in [2.24, 2.45) is 0 Å². The predicted octanol–water partition coefficient (Wildman–Crippen LogP) is 1.87. The van der Waals surface area contributed by atoms with Crippen LogP contribution < -0.4 is 10.6 Å². The molecule has 1 heterocycles. The Bertz CT molecular complexity index is 770.